The Morgan fingerprint density at radius 1 is 1.28 bits per heavy atom. The van der Waals surface area contributed by atoms with Crippen LogP contribution in [0, 0.1) is 18.6 Å². The van der Waals surface area contributed by atoms with Gasteiger partial charge in [0.1, 0.15) is 23.9 Å². The largest absolute Gasteiger partial charge is 0.485 e. The molecule has 0 saturated heterocycles. The fourth-order valence-corrected chi connectivity index (χ4v) is 3.17. The number of nitrogens with zero attached hydrogens (tertiary/aromatic N) is 2. The van der Waals surface area contributed by atoms with Gasteiger partial charge in [-0.1, -0.05) is 19.4 Å². The van der Waals surface area contributed by atoms with Crippen LogP contribution in [0.3, 0.4) is 0 Å². The first kappa shape index (κ1) is 20.7. The maximum absolute atomic E-state index is 13.8. The van der Waals surface area contributed by atoms with Crippen molar-refractivity contribution in [3.05, 3.63) is 65.1 Å². The van der Waals surface area contributed by atoms with E-state index in [1.54, 1.807) is 29.7 Å². The van der Waals surface area contributed by atoms with E-state index in [1.165, 1.54) is 18.2 Å². The van der Waals surface area contributed by atoms with Crippen LogP contribution < -0.4 is 10.1 Å². The van der Waals surface area contributed by atoms with Crippen LogP contribution in [0.4, 0.5) is 8.78 Å². The summed E-state index contributed by atoms with van der Waals surface area (Å²) in [6, 6.07) is 6.55. The average Bonchev–Trinajstić information content (AvgIpc) is 3.03. The summed E-state index contributed by atoms with van der Waals surface area (Å²) in [5.74, 6) is -1.45. The Morgan fingerprint density at radius 3 is 2.66 bits per heavy atom. The lowest BCUT2D eigenvalue weighted by Crippen LogP contribution is -2.38. The van der Waals surface area contributed by atoms with Crippen molar-refractivity contribution in [1.29, 1.82) is 0 Å². The zero-order valence-corrected chi connectivity index (χ0v) is 16.3. The van der Waals surface area contributed by atoms with Gasteiger partial charge in [-0.3, -0.25) is 9.20 Å². The van der Waals surface area contributed by atoms with Crippen LogP contribution in [0.25, 0.3) is 5.65 Å². The van der Waals surface area contributed by atoms with Crippen molar-refractivity contribution in [3.63, 3.8) is 0 Å². The fraction of sp³-hybridized carbons (Fsp3) is 0.333. The molecule has 154 valence electrons. The number of hydrogen-bond donors (Lipinski definition) is 2. The Balaban J connectivity index is 1.88. The van der Waals surface area contributed by atoms with E-state index in [2.05, 4.69) is 10.3 Å². The van der Waals surface area contributed by atoms with Crippen LogP contribution in [0.15, 0.2) is 36.5 Å². The van der Waals surface area contributed by atoms with Crippen LogP contribution in [-0.2, 0) is 6.61 Å². The molecule has 0 aliphatic rings. The van der Waals surface area contributed by atoms with Crippen LogP contribution >= 0.6 is 0 Å². The number of fused-ring (bicyclic) bond motifs is 1. The zero-order valence-electron chi connectivity index (χ0n) is 16.3. The molecule has 0 spiro atoms. The standard InChI is InChI=1S/C21H23F2N3O3/c1-3-6-14(11-27)25-21(28)19-13(2)24-20-18(9-5-10-26(19)20)29-12-15-16(22)7-4-8-17(15)23/h4-5,7-10,14,27H,3,6,11-12H2,1-2H3,(H,25,28). The number of benzene rings is 1. The number of carbonyl (C=O) groups excluding carboxylic acids is 1. The van der Waals surface area contributed by atoms with Gasteiger partial charge < -0.3 is 15.2 Å². The van der Waals surface area contributed by atoms with Gasteiger partial charge in [0, 0.05) is 6.20 Å². The van der Waals surface area contributed by atoms with E-state index < -0.39 is 11.6 Å². The molecule has 3 aromatic rings. The van der Waals surface area contributed by atoms with E-state index >= 15 is 0 Å². The highest BCUT2D eigenvalue weighted by Crippen LogP contribution is 2.24. The summed E-state index contributed by atoms with van der Waals surface area (Å²) in [5.41, 5.74) is 0.977. The quantitative estimate of drug-likeness (QED) is 0.605. The number of hydrogen-bond acceptors (Lipinski definition) is 4. The first-order valence-corrected chi connectivity index (χ1v) is 9.41. The number of amides is 1. The van der Waals surface area contributed by atoms with Gasteiger partial charge in [-0.15, -0.1) is 0 Å². The van der Waals surface area contributed by atoms with E-state index in [-0.39, 0.29) is 30.7 Å². The van der Waals surface area contributed by atoms with Gasteiger partial charge in [-0.2, -0.15) is 0 Å². The van der Waals surface area contributed by atoms with Crippen molar-refractivity contribution < 1.29 is 23.4 Å². The SMILES string of the molecule is CCCC(CO)NC(=O)c1c(C)nc2c(OCc3c(F)cccc3F)cccn12. The third-order valence-electron chi connectivity index (χ3n) is 4.63. The number of imidazole rings is 1. The number of aromatic nitrogens is 2. The van der Waals surface area contributed by atoms with Gasteiger partial charge >= 0.3 is 0 Å². The Labute approximate surface area is 167 Å². The second kappa shape index (κ2) is 9.00. The van der Waals surface area contributed by atoms with Crippen molar-refractivity contribution >= 4 is 11.6 Å². The number of ether oxygens (including phenoxy) is 1. The molecule has 0 aliphatic carbocycles. The molecule has 0 saturated carbocycles. The Bertz CT molecular complexity index is 1000. The monoisotopic (exact) mass is 403 g/mol. The predicted octanol–water partition coefficient (Wildman–Crippen LogP) is 3.39. The number of pyridine rings is 1. The van der Waals surface area contributed by atoms with Gasteiger partial charge in [-0.05, 0) is 37.6 Å². The van der Waals surface area contributed by atoms with Crippen LogP contribution in [0.5, 0.6) is 5.75 Å². The number of nitrogens with one attached hydrogen (secondary N) is 1. The molecule has 0 radical (unpaired) electrons. The van der Waals surface area contributed by atoms with Crippen molar-refractivity contribution in [2.24, 2.45) is 0 Å². The van der Waals surface area contributed by atoms with Crippen molar-refractivity contribution in [3.8, 4) is 5.75 Å². The third-order valence-corrected chi connectivity index (χ3v) is 4.63. The summed E-state index contributed by atoms with van der Waals surface area (Å²) in [6.45, 7) is 3.19. The lowest BCUT2D eigenvalue weighted by Gasteiger charge is -2.15. The summed E-state index contributed by atoms with van der Waals surface area (Å²) in [6.07, 6.45) is 3.14. The number of rotatable bonds is 8. The topological polar surface area (TPSA) is 75.9 Å². The molecule has 2 N–H and O–H groups in total. The molecule has 2 aromatic heterocycles. The number of halogens is 2. The van der Waals surface area contributed by atoms with Gasteiger partial charge in [-0.25, -0.2) is 13.8 Å². The minimum absolute atomic E-state index is 0.155. The number of aliphatic hydroxyl groups is 1. The highest BCUT2D eigenvalue weighted by molar-refractivity contribution is 5.95. The molecule has 6 nitrogen and oxygen atoms in total. The first-order chi connectivity index (χ1) is 14.0. The highest BCUT2D eigenvalue weighted by atomic mass is 19.1. The Hall–Kier alpha value is -3.00. The van der Waals surface area contributed by atoms with Gasteiger partial charge in [0.15, 0.2) is 11.4 Å². The number of carbonyl (C=O) groups is 1. The molecule has 8 heteroatoms. The maximum Gasteiger partial charge on any atom is 0.270 e. The summed E-state index contributed by atoms with van der Waals surface area (Å²) >= 11 is 0. The molecule has 0 aliphatic heterocycles. The summed E-state index contributed by atoms with van der Waals surface area (Å²) in [5, 5.41) is 12.2. The smallest absolute Gasteiger partial charge is 0.270 e. The molecule has 1 amide bonds. The second-order valence-electron chi connectivity index (χ2n) is 6.74. The van der Waals surface area contributed by atoms with Crippen LogP contribution in [-0.4, -0.2) is 33.0 Å². The van der Waals surface area contributed by atoms with E-state index in [0.29, 0.717) is 29.2 Å². The lowest BCUT2D eigenvalue weighted by molar-refractivity contribution is 0.0906. The molecule has 1 unspecified atom stereocenters. The molecule has 0 bridgehead atoms. The molecule has 1 aromatic carbocycles. The first-order valence-electron chi connectivity index (χ1n) is 9.41. The zero-order chi connectivity index (χ0) is 21.0. The summed E-state index contributed by atoms with van der Waals surface area (Å²) < 4.78 is 34.9. The molecular weight excluding hydrogens is 380 g/mol. The normalized spacial score (nSPS) is 12.2. The molecular formula is C21H23F2N3O3. The average molecular weight is 403 g/mol. The lowest BCUT2D eigenvalue weighted by atomic mass is 10.1. The van der Waals surface area contributed by atoms with Gasteiger partial charge in [0.25, 0.3) is 5.91 Å². The molecule has 3 rings (SSSR count). The van der Waals surface area contributed by atoms with Gasteiger partial charge in [0.05, 0.1) is 23.9 Å². The van der Waals surface area contributed by atoms with Crippen molar-refractivity contribution in [2.45, 2.75) is 39.3 Å². The third kappa shape index (κ3) is 4.37. The number of aliphatic hydroxyl groups excluding tert-OH is 1. The van der Waals surface area contributed by atoms with E-state index in [9.17, 15) is 18.7 Å². The minimum Gasteiger partial charge on any atom is -0.485 e. The van der Waals surface area contributed by atoms with E-state index in [4.69, 9.17) is 4.74 Å². The highest BCUT2D eigenvalue weighted by Gasteiger charge is 2.21. The molecule has 29 heavy (non-hydrogen) atoms. The predicted molar refractivity (Wildman–Crippen MR) is 104 cm³/mol. The molecule has 2 heterocycles. The molecule has 1 atom stereocenters. The Morgan fingerprint density at radius 2 is 2.00 bits per heavy atom. The second-order valence-corrected chi connectivity index (χ2v) is 6.74. The summed E-state index contributed by atoms with van der Waals surface area (Å²) in [7, 11) is 0. The maximum atomic E-state index is 13.8. The molecule has 0 fully saturated rings. The van der Waals surface area contributed by atoms with Crippen molar-refractivity contribution in [1.82, 2.24) is 14.7 Å². The van der Waals surface area contributed by atoms with Gasteiger partial charge in [0.2, 0.25) is 0 Å². The van der Waals surface area contributed by atoms with E-state index in [0.717, 1.165) is 6.42 Å². The van der Waals surface area contributed by atoms with E-state index in [1.807, 2.05) is 6.92 Å². The van der Waals surface area contributed by atoms with Crippen LogP contribution in [0.2, 0.25) is 0 Å². The minimum atomic E-state index is -0.692. The Kier molecular flexibility index (Phi) is 6.43. The fourth-order valence-electron chi connectivity index (χ4n) is 3.17. The summed E-state index contributed by atoms with van der Waals surface area (Å²) in [4.78, 5) is 17.1. The van der Waals surface area contributed by atoms with Crippen molar-refractivity contribution in [2.75, 3.05) is 6.61 Å². The van der Waals surface area contributed by atoms with Crippen LogP contribution in [0.1, 0.15) is 41.5 Å². The number of aryl methyl sites for hydroxylation is 1.